The van der Waals surface area contributed by atoms with Gasteiger partial charge in [-0.3, -0.25) is 9.36 Å². The highest BCUT2D eigenvalue weighted by Gasteiger charge is 2.21. The summed E-state index contributed by atoms with van der Waals surface area (Å²) >= 11 is 0. The zero-order valence-electron chi connectivity index (χ0n) is 11.4. The minimum Gasteiger partial charge on any atom is -0.481 e. The van der Waals surface area contributed by atoms with E-state index in [1.165, 1.54) is 0 Å². The number of hydrogen-bond donors (Lipinski definition) is 1. The number of carboxylic acid groups (broad SMARTS) is 1. The van der Waals surface area contributed by atoms with E-state index in [1.54, 1.807) is 13.8 Å². The van der Waals surface area contributed by atoms with Crippen LogP contribution in [0.25, 0.3) is 0 Å². The first-order valence-electron chi connectivity index (χ1n) is 6.08. The molecule has 1 unspecified atom stereocenters. The third-order valence-electron chi connectivity index (χ3n) is 2.35. The van der Waals surface area contributed by atoms with Crippen LogP contribution in [0.2, 0.25) is 0 Å². The molecule has 0 spiro atoms. The van der Waals surface area contributed by atoms with Crippen molar-refractivity contribution in [1.82, 2.24) is 0 Å². The fraction of sp³-hybridized carbons (Fsp3) is 0.667. The van der Waals surface area contributed by atoms with Gasteiger partial charge in [-0.25, -0.2) is 4.79 Å². The van der Waals surface area contributed by atoms with Crippen molar-refractivity contribution in [1.29, 1.82) is 0 Å². The van der Waals surface area contributed by atoms with Crippen molar-refractivity contribution in [2.45, 2.75) is 26.7 Å². The van der Waals surface area contributed by atoms with Crippen molar-refractivity contribution < 1.29 is 28.5 Å². The van der Waals surface area contributed by atoms with Crippen molar-refractivity contribution in [3.8, 4) is 0 Å². The minimum atomic E-state index is -2.88. The lowest BCUT2D eigenvalue weighted by molar-refractivity contribution is -0.139. The Morgan fingerprint density at radius 3 is 2.42 bits per heavy atom. The van der Waals surface area contributed by atoms with Gasteiger partial charge in [-0.05, 0) is 6.92 Å². The van der Waals surface area contributed by atoms with Gasteiger partial charge < -0.3 is 14.4 Å². The van der Waals surface area contributed by atoms with Crippen LogP contribution in [0.4, 0.5) is 0 Å². The van der Waals surface area contributed by atoms with Gasteiger partial charge in [-0.1, -0.05) is 13.5 Å². The molecule has 6 nitrogen and oxygen atoms in total. The molecule has 0 aromatic rings. The molecule has 0 radical (unpaired) electrons. The molecule has 0 heterocycles. The first-order chi connectivity index (χ1) is 8.80. The highest BCUT2D eigenvalue weighted by molar-refractivity contribution is 7.58. The number of hydrogen-bond acceptors (Lipinski definition) is 5. The lowest BCUT2D eigenvalue weighted by atomic mass is 10.4. The van der Waals surface area contributed by atoms with Gasteiger partial charge in [0.05, 0.1) is 19.6 Å². The van der Waals surface area contributed by atoms with Gasteiger partial charge in [0, 0.05) is 24.3 Å². The number of carboxylic acids is 1. The summed E-state index contributed by atoms with van der Waals surface area (Å²) in [5.74, 6) is -1.46. The van der Waals surface area contributed by atoms with Gasteiger partial charge in [0.1, 0.15) is 0 Å². The Hall–Kier alpha value is -1.13. The number of rotatable bonds is 10. The van der Waals surface area contributed by atoms with Crippen molar-refractivity contribution in [2.24, 2.45) is 0 Å². The normalized spacial score (nSPS) is 13.6. The second kappa shape index (κ2) is 8.88. The van der Waals surface area contributed by atoms with Crippen LogP contribution in [0.15, 0.2) is 12.2 Å². The first-order valence-corrected chi connectivity index (χ1v) is 8.07. The Kier molecular flexibility index (Phi) is 8.35. The quantitative estimate of drug-likeness (QED) is 0.287. The summed E-state index contributed by atoms with van der Waals surface area (Å²) in [6, 6.07) is 0. The molecule has 0 aromatic carbocycles. The minimum absolute atomic E-state index is 0.0321. The van der Waals surface area contributed by atoms with Crippen LogP contribution in [0.1, 0.15) is 26.7 Å². The maximum atomic E-state index is 12.1. The number of ether oxygens (including phenoxy) is 1. The fourth-order valence-corrected chi connectivity index (χ4v) is 2.78. The molecule has 19 heavy (non-hydrogen) atoms. The molecule has 1 N–H and O–H groups in total. The first kappa shape index (κ1) is 17.9. The van der Waals surface area contributed by atoms with Crippen LogP contribution < -0.4 is 0 Å². The van der Waals surface area contributed by atoms with Crippen molar-refractivity contribution in [2.75, 3.05) is 25.5 Å². The third-order valence-corrected chi connectivity index (χ3v) is 4.87. The van der Waals surface area contributed by atoms with E-state index in [-0.39, 0.29) is 25.8 Å². The molecule has 0 amide bonds. The zero-order valence-corrected chi connectivity index (χ0v) is 12.3. The molecule has 0 fully saturated rings. The number of carbonyl (C=O) groups excluding carboxylic acids is 1. The van der Waals surface area contributed by atoms with Crippen LogP contribution in [-0.4, -0.2) is 42.6 Å². The largest absolute Gasteiger partial charge is 0.481 e. The molecular weight excluding hydrogens is 271 g/mol. The summed E-state index contributed by atoms with van der Waals surface area (Å²) in [5.41, 5.74) is 0.321. The van der Waals surface area contributed by atoms with Gasteiger partial charge in [0.2, 0.25) is 7.37 Å². The average Bonchev–Trinajstić information content (AvgIpc) is 2.35. The van der Waals surface area contributed by atoms with E-state index in [2.05, 4.69) is 6.58 Å². The Morgan fingerprint density at radius 1 is 1.32 bits per heavy atom. The van der Waals surface area contributed by atoms with Crippen molar-refractivity contribution >= 4 is 19.3 Å². The van der Waals surface area contributed by atoms with Crippen LogP contribution >= 0.6 is 7.37 Å². The maximum absolute atomic E-state index is 12.1. The molecule has 110 valence electrons. The van der Waals surface area contributed by atoms with Gasteiger partial charge in [-0.2, -0.15) is 0 Å². The standard InChI is InChI=1S/C12H21O6P/c1-4-19(16,9-6-11(13)14)18-8-5-7-17-12(15)10(2)3/h2,4-9H2,1,3H3,(H,13,14). The van der Waals surface area contributed by atoms with Crippen molar-refractivity contribution in [3.63, 3.8) is 0 Å². The molecule has 0 aliphatic heterocycles. The Balaban J connectivity index is 3.89. The molecule has 7 heteroatoms. The Morgan fingerprint density at radius 2 is 1.95 bits per heavy atom. The fourth-order valence-electron chi connectivity index (χ4n) is 1.16. The number of carbonyl (C=O) groups is 2. The Bertz CT molecular complexity index is 376. The van der Waals surface area contributed by atoms with Gasteiger partial charge in [-0.15, -0.1) is 0 Å². The molecule has 0 bridgehead atoms. The number of esters is 1. The molecule has 0 saturated heterocycles. The van der Waals surface area contributed by atoms with Crippen LogP contribution in [0, 0.1) is 0 Å². The second-order valence-corrected chi connectivity index (χ2v) is 7.07. The summed E-state index contributed by atoms with van der Waals surface area (Å²) in [6.07, 6.45) is 0.571. The van der Waals surface area contributed by atoms with E-state index < -0.39 is 19.3 Å². The molecule has 0 rings (SSSR count). The van der Waals surface area contributed by atoms with Gasteiger partial charge >= 0.3 is 11.9 Å². The van der Waals surface area contributed by atoms with E-state index in [0.29, 0.717) is 18.2 Å². The topological polar surface area (TPSA) is 89.9 Å². The molecule has 0 saturated carbocycles. The average molecular weight is 292 g/mol. The van der Waals surface area contributed by atoms with E-state index >= 15 is 0 Å². The summed E-state index contributed by atoms with van der Waals surface area (Å²) in [4.78, 5) is 21.5. The van der Waals surface area contributed by atoms with E-state index in [1.807, 2.05) is 0 Å². The zero-order chi connectivity index (χ0) is 14.9. The van der Waals surface area contributed by atoms with Gasteiger partial charge in [0.25, 0.3) is 0 Å². The third kappa shape index (κ3) is 8.56. The van der Waals surface area contributed by atoms with Crippen LogP contribution in [-0.2, 0) is 23.4 Å². The summed E-state index contributed by atoms with van der Waals surface area (Å²) in [6.45, 7) is 7.03. The predicted molar refractivity (Wildman–Crippen MR) is 71.6 cm³/mol. The lowest BCUT2D eigenvalue weighted by Gasteiger charge is -2.16. The van der Waals surface area contributed by atoms with E-state index in [0.717, 1.165) is 0 Å². The molecular formula is C12H21O6P. The highest BCUT2D eigenvalue weighted by atomic mass is 31.2. The maximum Gasteiger partial charge on any atom is 0.333 e. The molecule has 1 atom stereocenters. The second-order valence-electron chi connectivity index (χ2n) is 4.10. The van der Waals surface area contributed by atoms with E-state index in [9.17, 15) is 14.2 Å². The van der Waals surface area contributed by atoms with Crippen LogP contribution in [0.3, 0.4) is 0 Å². The SMILES string of the molecule is C=C(C)C(=O)OCCCOP(=O)(CC)CCC(=O)O. The van der Waals surface area contributed by atoms with Gasteiger partial charge in [0.15, 0.2) is 0 Å². The molecule has 0 aromatic heterocycles. The number of aliphatic carboxylic acids is 1. The summed E-state index contributed by atoms with van der Waals surface area (Å²) in [7, 11) is -2.88. The molecule has 0 aliphatic rings. The smallest absolute Gasteiger partial charge is 0.333 e. The monoisotopic (exact) mass is 292 g/mol. The summed E-state index contributed by atoms with van der Waals surface area (Å²) < 4.78 is 22.2. The van der Waals surface area contributed by atoms with E-state index in [4.69, 9.17) is 14.4 Å². The Labute approximate surface area is 113 Å². The lowest BCUT2D eigenvalue weighted by Crippen LogP contribution is -2.09. The highest BCUT2D eigenvalue weighted by Crippen LogP contribution is 2.46. The van der Waals surface area contributed by atoms with Crippen molar-refractivity contribution in [3.05, 3.63) is 12.2 Å². The summed E-state index contributed by atoms with van der Waals surface area (Å²) in [5, 5.41) is 8.55. The molecule has 0 aliphatic carbocycles. The van der Waals surface area contributed by atoms with Crippen LogP contribution in [0.5, 0.6) is 0 Å². The predicted octanol–water partition coefficient (Wildman–Crippen LogP) is 2.29.